The van der Waals surface area contributed by atoms with Gasteiger partial charge >= 0.3 is 0 Å². The van der Waals surface area contributed by atoms with Crippen molar-refractivity contribution in [3.05, 3.63) is 57.9 Å². The van der Waals surface area contributed by atoms with Crippen molar-refractivity contribution < 1.29 is 22.5 Å². The Hall–Kier alpha value is -2.72. The number of fused-ring (bicyclic) bond motifs is 1. The lowest BCUT2D eigenvalue weighted by molar-refractivity contribution is -0.384. The lowest BCUT2D eigenvalue weighted by Gasteiger charge is -2.27. The zero-order valence-corrected chi connectivity index (χ0v) is 13.6. The molecule has 0 amide bonds. The fraction of sp³-hybridized carbons (Fsp3) is 0.200. The first-order valence-electron chi connectivity index (χ1n) is 7.26. The molecule has 0 aliphatic carbocycles. The number of nitro groups is 1. The van der Waals surface area contributed by atoms with Gasteiger partial charge in [0, 0.05) is 18.1 Å². The van der Waals surface area contributed by atoms with E-state index in [1.165, 1.54) is 24.3 Å². The smallest absolute Gasteiger partial charge is 0.293 e. The first-order chi connectivity index (χ1) is 11.8. The highest BCUT2D eigenvalue weighted by Crippen LogP contribution is 2.38. The number of sulfonamides is 1. The second kappa shape index (κ2) is 6.30. The largest absolute Gasteiger partial charge is 0.490 e. The summed E-state index contributed by atoms with van der Waals surface area (Å²) in [5.74, 6) is -0.405. The molecule has 1 heterocycles. The van der Waals surface area contributed by atoms with Crippen LogP contribution in [0.2, 0.25) is 0 Å². The Labute approximate surface area is 142 Å². The summed E-state index contributed by atoms with van der Waals surface area (Å²) in [6.45, 7) is 0.245. The van der Waals surface area contributed by atoms with Gasteiger partial charge in [-0.1, -0.05) is 12.1 Å². The normalized spacial score (nSPS) is 16.6. The molecule has 0 saturated heterocycles. The molecule has 0 radical (unpaired) electrons. The lowest BCUT2D eigenvalue weighted by atomic mass is 10.00. The number of nitrogens with one attached hydrogen (secondary N) is 1. The maximum absolute atomic E-state index is 13.8. The molecule has 132 valence electrons. The van der Waals surface area contributed by atoms with Gasteiger partial charge in [0.2, 0.25) is 10.0 Å². The van der Waals surface area contributed by atoms with Gasteiger partial charge in [-0.3, -0.25) is 10.1 Å². The van der Waals surface area contributed by atoms with E-state index in [-0.39, 0.29) is 22.9 Å². The third kappa shape index (κ3) is 3.39. The van der Waals surface area contributed by atoms with Gasteiger partial charge in [0.25, 0.3) is 5.69 Å². The molecule has 1 atom stereocenters. The van der Waals surface area contributed by atoms with Gasteiger partial charge in [0.1, 0.15) is 5.69 Å². The standard InChI is InChI=1S/C15H14FN3O5S/c16-11-3-1-2-10-12(6-7-24-15(10)11)18-13-5-4-9(25(17,22)23)8-14(13)19(20)21/h1-5,8,12,18H,6-7H2,(H2,17,22,23)/t12-/m0/s1. The Morgan fingerprint density at radius 3 is 2.76 bits per heavy atom. The van der Waals surface area contributed by atoms with Crippen molar-refractivity contribution in [2.75, 3.05) is 11.9 Å². The topological polar surface area (TPSA) is 125 Å². The number of benzene rings is 2. The quantitative estimate of drug-likeness (QED) is 0.631. The summed E-state index contributed by atoms with van der Waals surface area (Å²) in [6.07, 6.45) is 0.463. The van der Waals surface area contributed by atoms with Crippen LogP contribution < -0.4 is 15.2 Å². The highest BCUT2D eigenvalue weighted by atomic mass is 32.2. The number of halogens is 1. The minimum absolute atomic E-state index is 0.107. The molecule has 1 aliphatic rings. The van der Waals surface area contributed by atoms with Crippen LogP contribution in [-0.2, 0) is 10.0 Å². The van der Waals surface area contributed by atoms with Crippen molar-refractivity contribution in [1.82, 2.24) is 0 Å². The maximum atomic E-state index is 13.8. The number of nitrogens with zero attached hydrogens (tertiary/aromatic N) is 1. The van der Waals surface area contributed by atoms with Crippen molar-refractivity contribution in [3.8, 4) is 5.75 Å². The van der Waals surface area contributed by atoms with Gasteiger partial charge in [-0.05, 0) is 18.2 Å². The summed E-state index contributed by atoms with van der Waals surface area (Å²) in [7, 11) is -4.06. The van der Waals surface area contributed by atoms with Gasteiger partial charge in [0.05, 0.1) is 22.5 Å². The molecule has 0 bridgehead atoms. The fourth-order valence-corrected chi connectivity index (χ4v) is 3.22. The molecule has 25 heavy (non-hydrogen) atoms. The number of ether oxygens (including phenoxy) is 1. The second-order valence-electron chi connectivity index (χ2n) is 5.47. The SMILES string of the molecule is NS(=O)(=O)c1ccc(N[C@H]2CCOc3c(F)cccc32)c([N+](=O)[O-])c1. The molecule has 3 rings (SSSR count). The summed E-state index contributed by atoms with van der Waals surface area (Å²) in [5.41, 5.74) is 0.214. The number of anilines is 1. The van der Waals surface area contributed by atoms with E-state index in [0.717, 1.165) is 6.07 Å². The molecule has 1 aliphatic heterocycles. The third-order valence-corrected chi connectivity index (χ3v) is 4.76. The summed E-state index contributed by atoms with van der Waals surface area (Å²) in [6, 6.07) is 7.38. The summed E-state index contributed by atoms with van der Waals surface area (Å²) < 4.78 is 41.9. The zero-order chi connectivity index (χ0) is 18.2. The summed E-state index contributed by atoms with van der Waals surface area (Å²) in [5, 5.41) is 19.3. The lowest BCUT2D eigenvalue weighted by Crippen LogP contribution is -2.21. The minimum Gasteiger partial charge on any atom is -0.490 e. The van der Waals surface area contributed by atoms with Crippen LogP contribution in [0.1, 0.15) is 18.0 Å². The van der Waals surface area contributed by atoms with Gasteiger partial charge in [-0.2, -0.15) is 0 Å². The highest BCUT2D eigenvalue weighted by Gasteiger charge is 2.27. The zero-order valence-electron chi connectivity index (χ0n) is 12.8. The maximum Gasteiger partial charge on any atom is 0.293 e. The molecule has 2 aromatic rings. The van der Waals surface area contributed by atoms with Crippen LogP contribution in [0.5, 0.6) is 5.75 Å². The van der Waals surface area contributed by atoms with Gasteiger partial charge in [-0.25, -0.2) is 17.9 Å². The first-order valence-corrected chi connectivity index (χ1v) is 8.81. The van der Waals surface area contributed by atoms with E-state index in [2.05, 4.69) is 5.32 Å². The van der Waals surface area contributed by atoms with Crippen LogP contribution in [0.4, 0.5) is 15.8 Å². The predicted molar refractivity (Wildman–Crippen MR) is 87.3 cm³/mol. The van der Waals surface area contributed by atoms with E-state index < -0.39 is 32.5 Å². The Bertz CT molecular complexity index is 948. The second-order valence-corrected chi connectivity index (χ2v) is 7.03. The van der Waals surface area contributed by atoms with Crippen molar-refractivity contribution in [1.29, 1.82) is 0 Å². The number of hydrogen-bond donors (Lipinski definition) is 2. The molecule has 0 aromatic heterocycles. The van der Waals surface area contributed by atoms with E-state index in [4.69, 9.17) is 9.88 Å². The Kier molecular flexibility index (Phi) is 4.31. The summed E-state index contributed by atoms with van der Waals surface area (Å²) >= 11 is 0. The molecule has 0 unspecified atom stereocenters. The van der Waals surface area contributed by atoms with E-state index in [1.54, 1.807) is 6.07 Å². The van der Waals surface area contributed by atoms with Gasteiger partial charge in [-0.15, -0.1) is 0 Å². The predicted octanol–water partition coefficient (Wildman–Crippen LogP) is 2.32. The van der Waals surface area contributed by atoms with Crippen molar-refractivity contribution in [2.24, 2.45) is 5.14 Å². The van der Waals surface area contributed by atoms with Crippen molar-refractivity contribution >= 4 is 21.4 Å². The molecule has 0 saturated carbocycles. The Morgan fingerprint density at radius 2 is 2.08 bits per heavy atom. The molecule has 8 nitrogen and oxygen atoms in total. The molecule has 0 fully saturated rings. The Balaban J connectivity index is 2.00. The molecule has 10 heteroatoms. The average Bonchev–Trinajstić information content (AvgIpc) is 2.55. The van der Waals surface area contributed by atoms with Crippen LogP contribution in [0.15, 0.2) is 41.3 Å². The van der Waals surface area contributed by atoms with Crippen molar-refractivity contribution in [2.45, 2.75) is 17.4 Å². The molecule has 0 spiro atoms. The van der Waals surface area contributed by atoms with Crippen LogP contribution in [0.3, 0.4) is 0 Å². The monoisotopic (exact) mass is 367 g/mol. The van der Waals surface area contributed by atoms with E-state index in [0.29, 0.717) is 12.0 Å². The third-order valence-electron chi connectivity index (χ3n) is 3.85. The number of nitro benzene ring substituents is 1. The molecular weight excluding hydrogens is 353 g/mol. The number of para-hydroxylation sites is 1. The highest BCUT2D eigenvalue weighted by molar-refractivity contribution is 7.89. The van der Waals surface area contributed by atoms with E-state index >= 15 is 0 Å². The summed E-state index contributed by atoms with van der Waals surface area (Å²) in [4.78, 5) is 10.2. The van der Waals surface area contributed by atoms with E-state index in [1.807, 2.05) is 0 Å². The number of primary sulfonamides is 1. The Morgan fingerprint density at radius 1 is 1.32 bits per heavy atom. The molecule has 3 N–H and O–H groups in total. The first kappa shape index (κ1) is 17.1. The average molecular weight is 367 g/mol. The van der Waals surface area contributed by atoms with Crippen molar-refractivity contribution in [3.63, 3.8) is 0 Å². The number of rotatable bonds is 4. The number of nitrogens with two attached hydrogens (primary N) is 1. The molecule has 2 aromatic carbocycles. The van der Waals surface area contributed by atoms with Gasteiger partial charge < -0.3 is 10.1 Å². The van der Waals surface area contributed by atoms with E-state index in [9.17, 15) is 22.9 Å². The van der Waals surface area contributed by atoms with Crippen LogP contribution in [0, 0.1) is 15.9 Å². The van der Waals surface area contributed by atoms with Crippen LogP contribution in [-0.4, -0.2) is 19.9 Å². The van der Waals surface area contributed by atoms with Gasteiger partial charge in [0.15, 0.2) is 11.6 Å². The van der Waals surface area contributed by atoms with Crippen LogP contribution in [0.25, 0.3) is 0 Å². The van der Waals surface area contributed by atoms with Crippen LogP contribution >= 0.6 is 0 Å². The fourth-order valence-electron chi connectivity index (χ4n) is 2.69. The molecular formula is C15H14FN3O5S. The number of hydrogen-bond acceptors (Lipinski definition) is 6. The minimum atomic E-state index is -4.06.